The minimum atomic E-state index is -0.0711. The molecular formula is C11H18N4O2. The zero-order chi connectivity index (χ0) is 12.6. The molecule has 0 spiro atoms. The number of morpholine rings is 1. The van der Waals surface area contributed by atoms with Gasteiger partial charge < -0.3 is 15.4 Å². The van der Waals surface area contributed by atoms with Crippen molar-refractivity contribution in [3.63, 3.8) is 0 Å². The number of carbonyl (C=O) groups is 1. The van der Waals surface area contributed by atoms with E-state index in [1.165, 1.54) is 10.9 Å². The van der Waals surface area contributed by atoms with E-state index < -0.39 is 0 Å². The van der Waals surface area contributed by atoms with Crippen LogP contribution >= 0.6 is 0 Å². The highest BCUT2D eigenvalue weighted by atomic mass is 16.5. The molecule has 2 N–H and O–H groups in total. The van der Waals surface area contributed by atoms with Crippen molar-refractivity contribution in [1.82, 2.24) is 14.7 Å². The Morgan fingerprint density at radius 3 is 2.88 bits per heavy atom. The highest BCUT2D eigenvalue weighted by molar-refractivity contribution is 5.98. The third kappa shape index (κ3) is 2.12. The number of hydrogen-bond acceptors (Lipinski definition) is 4. The molecule has 2 atom stereocenters. The van der Waals surface area contributed by atoms with E-state index >= 15 is 0 Å². The molecule has 0 aliphatic carbocycles. The number of carbonyl (C=O) groups excluding carboxylic acids is 1. The van der Waals surface area contributed by atoms with Crippen molar-refractivity contribution < 1.29 is 9.53 Å². The molecule has 1 aromatic rings. The normalized spacial score (nSPS) is 25.0. The molecule has 17 heavy (non-hydrogen) atoms. The lowest BCUT2D eigenvalue weighted by atomic mass is 10.1. The van der Waals surface area contributed by atoms with Gasteiger partial charge in [0.25, 0.3) is 5.91 Å². The molecule has 2 rings (SSSR count). The number of nitrogens with zero attached hydrogens (tertiary/aromatic N) is 3. The summed E-state index contributed by atoms with van der Waals surface area (Å²) in [5.41, 5.74) is 6.28. The largest absolute Gasteiger partial charge is 0.383 e. The van der Waals surface area contributed by atoms with Gasteiger partial charge in [0.2, 0.25) is 0 Å². The zero-order valence-corrected chi connectivity index (χ0v) is 10.4. The monoisotopic (exact) mass is 238 g/mol. The fraction of sp³-hybridized carbons (Fsp3) is 0.636. The summed E-state index contributed by atoms with van der Waals surface area (Å²) < 4.78 is 7.00. The predicted octanol–water partition coefficient (Wildman–Crippen LogP) is 0.252. The predicted molar refractivity (Wildman–Crippen MR) is 63.5 cm³/mol. The quantitative estimate of drug-likeness (QED) is 0.761. The lowest BCUT2D eigenvalue weighted by molar-refractivity contribution is -0.0386. The minimum Gasteiger partial charge on any atom is -0.383 e. The van der Waals surface area contributed by atoms with E-state index in [1.807, 2.05) is 13.8 Å². The number of aryl methyl sites for hydroxylation is 1. The maximum Gasteiger partial charge on any atom is 0.259 e. The zero-order valence-electron chi connectivity index (χ0n) is 10.4. The van der Waals surface area contributed by atoms with E-state index in [0.29, 0.717) is 24.5 Å². The van der Waals surface area contributed by atoms with Gasteiger partial charge in [0.05, 0.1) is 24.9 Å². The first kappa shape index (κ1) is 11.9. The van der Waals surface area contributed by atoms with Gasteiger partial charge in [-0.25, -0.2) is 0 Å². The second kappa shape index (κ2) is 4.37. The maximum atomic E-state index is 12.3. The summed E-state index contributed by atoms with van der Waals surface area (Å²) in [6.07, 6.45) is 1.58. The van der Waals surface area contributed by atoms with Crippen LogP contribution in [0.1, 0.15) is 24.2 Å². The van der Waals surface area contributed by atoms with Gasteiger partial charge in [-0.2, -0.15) is 5.10 Å². The molecule has 1 aromatic heterocycles. The number of amides is 1. The number of nitrogens with two attached hydrogens (primary N) is 1. The van der Waals surface area contributed by atoms with Gasteiger partial charge in [-0.05, 0) is 13.8 Å². The van der Waals surface area contributed by atoms with Crippen LogP contribution in [0.15, 0.2) is 6.20 Å². The fourth-order valence-corrected chi connectivity index (χ4v) is 1.95. The van der Waals surface area contributed by atoms with Crippen LogP contribution in [0.3, 0.4) is 0 Å². The van der Waals surface area contributed by atoms with Gasteiger partial charge in [0.1, 0.15) is 11.4 Å². The molecule has 0 radical (unpaired) electrons. The van der Waals surface area contributed by atoms with Crippen molar-refractivity contribution in [3.05, 3.63) is 11.8 Å². The van der Waals surface area contributed by atoms with Gasteiger partial charge in [-0.15, -0.1) is 0 Å². The second-order valence-corrected chi connectivity index (χ2v) is 4.52. The van der Waals surface area contributed by atoms with Crippen LogP contribution < -0.4 is 5.73 Å². The summed E-state index contributed by atoms with van der Waals surface area (Å²) in [6, 6.07) is 0.0679. The van der Waals surface area contributed by atoms with Gasteiger partial charge >= 0.3 is 0 Å². The van der Waals surface area contributed by atoms with Crippen LogP contribution in [0.2, 0.25) is 0 Å². The van der Waals surface area contributed by atoms with E-state index in [1.54, 1.807) is 11.9 Å². The third-order valence-electron chi connectivity index (χ3n) is 3.08. The molecule has 94 valence electrons. The molecule has 6 heteroatoms. The first-order chi connectivity index (χ1) is 8.00. The summed E-state index contributed by atoms with van der Waals surface area (Å²) in [7, 11) is 1.72. The first-order valence-corrected chi connectivity index (χ1v) is 5.70. The number of nitrogen functional groups attached to an aromatic ring is 1. The Morgan fingerprint density at radius 1 is 1.59 bits per heavy atom. The molecule has 2 heterocycles. The molecule has 0 aromatic carbocycles. The Balaban J connectivity index is 2.22. The highest BCUT2D eigenvalue weighted by Gasteiger charge is 2.30. The Labute approximate surface area is 100 Å². The fourth-order valence-electron chi connectivity index (χ4n) is 1.95. The summed E-state index contributed by atoms with van der Waals surface area (Å²) in [5, 5.41) is 3.99. The van der Waals surface area contributed by atoms with Crippen molar-refractivity contribution in [2.24, 2.45) is 7.05 Å². The van der Waals surface area contributed by atoms with E-state index in [4.69, 9.17) is 10.5 Å². The number of anilines is 1. The number of ether oxygens (including phenoxy) is 1. The molecule has 1 amide bonds. The average Bonchev–Trinajstić information content (AvgIpc) is 2.62. The van der Waals surface area contributed by atoms with Crippen molar-refractivity contribution in [3.8, 4) is 0 Å². The lowest BCUT2D eigenvalue weighted by Gasteiger charge is -2.36. The topological polar surface area (TPSA) is 73.4 Å². The van der Waals surface area contributed by atoms with Gasteiger partial charge in [-0.1, -0.05) is 0 Å². The standard InChI is InChI=1S/C11H18N4O2/c1-7-6-17-8(2)5-15(7)11(16)9-4-13-14(3)10(9)12/h4,7-8H,5-6,12H2,1-3H3. The van der Waals surface area contributed by atoms with Crippen molar-refractivity contribution in [2.45, 2.75) is 26.0 Å². The average molecular weight is 238 g/mol. The van der Waals surface area contributed by atoms with Crippen LogP contribution in [0.4, 0.5) is 5.82 Å². The van der Waals surface area contributed by atoms with Gasteiger partial charge in [-0.3, -0.25) is 9.48 Å². The number of aromatic nitrogens is 2. The number of rotatable bonds is 1. The molecule has 6 nitrogen and oxygen atoms in total. The van der Waals surface area contributed by atoms with E-state index in [-0.39, 0.29) is 18.1 Å². The molecular weight excluding hydrogens is 220 g/mol. The summed E-state index contributed by atoms with van der Waals surface area (Å²) in [4.78, 5) is 14.1. The third-order valence-corrected chi connectivity index (χ3v) is 3.08. The summed E-state index contributed by atoms with van der Waals surface area (Å²) in [6.45, 7) is 5.08. The van der Waals surface area contributed by atoms with Crippen molar-refractivity contribution in [2.75, 3.05) is 18.9 Å². The van der Waals surface area contributed by atoms with Crippen LogP contribution in [-0.4, -0.2) is 45.9 Å². The van der Waals surface area contributed by atoms with Crippen LogP contribution in [0, 0.1) is 0 Å². The SMILES string of the molecule is CC1CN(C(=O)c2cnn(C)c2N)C(C)CO1. The van der Waals surface area contributed by atoms with E-state index in [2.05, 4.69) is 5.10 Å². The van der Waals surface area contributed by atoms with Gasteiger partial charge in [0.15, 0.2) is 0 Å². The van der Waals surface area contributed by atoms with E-state index in [0.717, 1.165) is 0 Å². The number of hydrogen-bond donors (Lipinski definition) is 1. The Morgan fingerprint density at radius 2 is 2.29 bits per heavy atom. The minimum absolute atomic E-state index is 0.0630. The molecule has 1 aliphatic rings. The van der Waals surface area contributed by atoms with Crippen molar-refractivity contribution in [1.29, 1.82) is 0 Å². The smallest absolute Gasteiger partial charge is 0.259 e. The molecule has 0 saturated carbocycles. The molecule has 2 unspecified atom stereocenters. The van der Waals surface area contributed by atoms with Crippen LogP contribution in [0.25, 0.3) is 0 Å². The van der Waals surface area contributed by atoms with E-state index in [9.17, 15) is 4.79 Å². The molecule has 1 saturated heterocycles. The maximum absolute atomic E-state index is 12.3. The highest BCUT2D eigenvalue weighted by Crippen LogP contribution is 2.18. The Kier molecular flexibility index (Phi) is 3.06. The van der Waals surface area contributed by atoms with Crippen LogP contribution in [0.5, 0.6) is 0 Å². The Bertz CT molecular complexity index is 429. The summed E-state index contributed by atoms with van der Waals surface area (Å²) in [5.74, 6) is 0.333. The van der Waals surface area contributed by atoms with Crippen molar-refractivity contribution >= 4 is 11.7 Å². The van der Waals surface area contributed by atoms with Gasteiger partial charge in [0, 0.05) is 13.6 Å². The first-order valence-electron chi connectivity index (χ1n) is 5.70. The molecule has 0 bridgehead atoms. The van der Waals surface area contributed by atoms with Crippen LogP contribution in [-0.2, 0) is 11.8 Å². The Hall–Kier alpha value is -1.56. The molecule has 1 fully saturated rings. The molecule has 1 aliphatic heterocycles. The summed E-state index contributed by atoms with van der Waals surface area (Å²) >= 11 is 0. The lowest BCUT2D eigenvalue weighted by Crippen LogP contribution is -2.50. The second-order valence-electron chi connectivity index (χ2n) is 4.52.